The number of thiophene rings is 1. The summed E-state index contributed by atoms with van der Waals surface area (Å²) in [5.41, 5.74) is 2.16. The number of carbonyl (C=O) groups excluding carboxylic acids is 1. The third kappa shape index (κ3) is 5.05. The van der Waals surface area contributed by atoms with Gasteiger partial charge in [-0.05, 0) is 35.7 Å². The lowest BCUT2D eigenvalue weighted by Crippen LogP contribution is -2.45. The second kappa shape index (κ2) is 6.19. The number of nitrogens with one attached hydrogen (secondary N) is 2. The second-order valence-corrected chi connectivity index (χ2v) is 4.76. The van der Waals surface area contributed by atoms with E-state index < -0.39 is 24.7 Å². The van der Waals surface area contributed by atoms with Crippen molar-refractivity contribution in [3.63, 3.8) is 0 Å². The molecule has 0 aliphatic carbocycles. The molecule has 1 amide bonds. The zero-order chi connectivity index (χ0) is 13.8. The molecule has 2 N–H and O–H groups in total. The molecule has 1 aromatic rings. The zero-order valence-electron chi connectivity index (χ0n) is 10.1. The molecule has 0 aromatic carbocycles. The number of aryl methyl sites for hydroxylation is 1. The normalized spacial score (nSPS) is 13.4. The third-order valence-corrected chi connectivity index (χ3v) is 3.33. The van der Waals surface area contributed by atoms with Crippen molar-refractivity contribution < 1.29 is 18.0 Å². The number of carbonyl (C=O) groups is 1. The van der Waals surface area contributed by atoms with E-state index in [1.54, 1.807) is 11.3 Å². The summed E-state index contributed by atoms with van der Waals surface area (Å²) in [6.45, 7) is 2.65. The van der Waals surface area contributed by atoms with E-state index >= 15 is 0 Å². The largest absolute Gasteiger partial charge is 0.405 e. The Hall–Kier alpha value is -1.08. The molecule has 7 heteroatoms. The number of alkyl halides is 3. The molecule has 1 unspecified atom stereocenters. The van der Waals surface area contributed by atoms with Crippen molar-refractivity contribution >= 4 is 17.2 Å². The number of amides is 1. The first kappa shape index (κ1) is 15.0. The van der Waals surface area contributed by atoms with E-state index in [2.05, 4.69) is 5.32 Å². The van der Waals surface area contributed by atoms with Gasteiger partial charge in [-0.1, -0.05) is 0 Å². The fourth-order valence-electron chi connectivity index (χ4n) is 1.26. The lowest BCUT2D eigenvalue weighted by molar-refractivity contribution is -0.139. The van der Waals surface area contributed by atoms with Gasteiger partial charge >= 0.3 is 6.18 Å². The molecule has 0 saturated carbocycles. The molecule has 0 radical (unpaired) electrons. The molecule has 0 aliphatic rings. The Morgan fingerprint density at radius 2 is 2.11 bits per heavy atom. The van der Waals surface area contributed by atoms with Crippen LogP contribution in [-0.4, -0.2) is 24.7 Å². The minimum Gasteiger partial charge on any atom is -0.346 e. The summed E-state index contributed by atoms with van der Waals surface area (Å²) in [6, 6.07) is -0.661. The highest BCUT2D eigenvalue weighted by molar-refractivity contribution is 7.08. The van der Waals surface area contributed by atoms with Crippen LogP contribution in [0.1, 0.15) is 18.1 Å². The van der Waals surface area contributed by atoms with Gasteiger partial charge in [-0.15, -0.1) is 0 Å². The Balaban J connectivity index is 2.34. The second-order valence-electron chi connectivity index (χ2n) is 4.02. The molecule has 0 saturated heterocycles. The molecule has 102 valence electrons. The fraction of sp³-hybridized carbons (Fsp3) is 0.545. The highest BCUT2D eigenvalue weighted by Crippen LogP contribution is 2.14. The summed E-state index contributed by atoms with van der Waals surface area (Å²) in [7, 11) is 0. The summed E-state index contributed by atoms with van der Waals surface area (Å²) in [4.78, 5) is 11.4. The number of hydrogen-bond donors (Lipinski definition) is 2. The highest BCUT2D eigenvalue weighted by Gasteiger charge is 2.28. The summed E-state index contributed by atoms with van der Waals surface area (Å²) in [5, 5.41) is 8.66. The van der Waals surface area contributed by atoms with E-state index in [1.165, 1.54) is 6.92 Å². The van der Waals surface area contributed by atoms with Crippen molar-refractivity contribution in [3.05, 3.63) is 21.9 Å². The first-order chi connectivity index (χ1) is 8.29. The monoisotopic (exact) mass is 280 g/mol. The van der Waals surface area contributed by atoms with Gasteiger partial charge in [0.05, 0.1) is 6.04 Å². The van der Waals surface area contributed by atoms with E-state index in [-0.39, 0.29) is 0 Å². The van der Waals surface area contributed by atoms with Gasteiger partial charge in [0, 0.05) is 6.54 Å². The van der Waals surface area contributed by atoms with Crippen molar-refractivity contribution in [1.29, 1.82) is 0 Å². The smallest absolute Gasteiger partial charge is 0.346 e. The standard InChI is InChI=1S/C11H15F3N2OS/c1-7-4-18-5-9(7)3-15-8(2)10(17)16-6-11(12,13)14/h4-5,8,15H,3,6H2,1-2H3,(H,16,17). The van der Waals surface area contributed by atoms with Crippen LogP contribution in [-0.2, 0) is 11.3 Å². The first-order valence-corrected chi connectivity index (χ1v) is 6.33. The average Bonchev–Trinajstić information content (AvgIpc) is 2.67. The maximum absolute atomic E-state index is 11.9. The Kier molecular flexibility index (Phi) is 5.15. The summed E-state index contributed by atoms with van der Waals surface area (Å²) < 4.78 is 35.7. The third-order valence-electron chi connectivity index (χ3n) is 2.42. The summed E-state index contributed by atoms with van der Waals surface area (Å²) in [6.07, 6.45) is -4.38. The predicted molar refractivity (Wildman–Crippen MR) is 64.4 cm³/mol. The Morgan fingerprint density at radius 1 is 1.44 bits per heavy atom. The van der Waals surface area contributed by atoms with Crippen molar-refractivity contribution in [2.24, 2.45) is 0 Å². The van der Waals surface area contributed by atoms with Crippen molar-refractivity contribution in [1.82, 2.24) is 10.6 Å². The first-order valence-electron chi connectivity index (χ1n) is 5.39. The van der Waals surface area contributed by atoms with E-state index in [1.807, 2.05) is 23.0 Å². The Morgan fingerprint density at radius 3 is 2.61 bits per heavy atom. The van der Waals surface area contributed by atoms with Crippen LogP contribution in [0.2, 0.25) is 0 Å². The number of halogens is 3. The molecule has 1 rings (SSSR count). The maximum atomic E-state index is 11.9. The van der Waals surface area contributed by atoms with Gasteiger partial charge in [0.15, 0.2) is 0 Å². The lowest BCUT2D eigenvalue weighted by atomic mass is 10.2. The molecule has 0 fully saturated rings. The number of rotatable bonds is 5. The Labute approximate surface area is 107 Å². The highest BCUT2D eigenvalue weighted by atomic mass is 32.1. The van der Waals surface area contributed by atoms with Crippen molar-refractivity contribution in [3.8, 4) is 0 Å². The summed E-state index contributed by atoms with van der Waals surface area (Å²) in [5.74, 6) is -0.653. The van der Waals surface area contributed by atoms with Crippen LogP contribution in [0.5, 0.6) is 0 Å². The van der Waals surface area contributed by atoms with Gasteiger partial charge in [0.2, 0.25) is 5.91 Å². The van der Waals surface area contributed by atoms with Crippen molar-refractivity contribution in [2.45, 2.75) is 32.6 Å². The molecule has 1 aromatic heterocycles. The van der Waals surface area contributed by atoms with Crippen LogP contribution >= 0.6 is 11.3 Å². The van der Waals surface area contributed by atoms with Crippen LogP contribution in [0, 0.1) is 6.92 Å². The maximum Gasteiger partial charge on any atom is 0.405 e. The van der Waals surface area contributed by atoms with E-state index in [0.717, 1.165) is 11.1 Å². The van der Waals surface area contributed by atoms with Crippen molar-refractivity contribution in [2.75, 3.05) is 6.54 Å². The molecule has 0 spiro atoms. The van der Waals surface area contributed by atoms with Crippen LogP contribution in [0.4, 0.5) is 13.2 Å². The molecular weight excluding hydrogens is 265 g/mol. The quantitative estimate of drug-likeness (QED) is 0.868. The minimum atomic E-state index is -4.38. The van der Waals surface area contributed by atoms with Gasteiger partial charge in [-0.3, -0.25) is 4.79 Å². The van der Waals surface area contributed by atoms with Gasteiger partial charge in [-0.25, -0.2) is 0 Å². The topological polar surface area (TPSA) is 41.1 Å². The lowest BCUT2D eigenvalue weighted by Gasteiger charge is -2.15. The molecule has 1 atom stereocenters. The average molecular weight is 280 g/mol. The van der Waals surface area contributed by atoms with Crippen LogP contribution in [0.3, 0.4) is 0 Å². The molecular formula is C11H15F3N2OS. The van der Waals surface area contributed by atoms with Crippen LogP contribution < -0.4 is 10.6 Å². The van der Waals surface area contributed by atoms with Gasteiger partial charge in [-0.2, -0.15) is 24.5 Å². The van der Waals surface area contributed by atoms with Crippen LogP contribution in [0.15, 0.2) is 10.8 Å². The van der Waals surface area contributed by atoms with Gasteiger partial charge in [0.1, 0.15) is 6.54 Å². The van der Waals surface area contributed by atoms with E-state index in [4.69, 9.17) is 0 Å². The molecule has 1 heterocycles. The van der Waals surface area contributed by atoms with Gasteiger partial charge in [0.25, 0.3) is 0 Å². The van der Waals surface area contributed by atoms with Crippen LogP contribution in [0.25, 0.3) is 0 Å². The molecule has 18 heavy (non-hydrogen) atoms. The predicted octanol–water partition coefficient (Wildman–Crippen LogP) is 2.21. The SMILES string of the molecule is Cc1cscc1CNC(C)C(=O)NCC(F)(F)F. The Bertz CT molecular complexity index is 403. The zero-order valence-corrected chi connectivity index (χ0v) is 10.9. The van der Waals surface area contributed by atoms with E-state index in [9.17, 15) is 18.0 Å². The molecule has 0 bridgehead atoms. The number of hydrogen-bond acceptors (Lipinski definition) is 3. The van der Waals surface area contributed by atoms with Gasteiger partial charge < -0.3 is 10.6 Å². The van der Waals surface area contributed by atoms with E-state index in [0.29, 0.717) is 6.54 Å². The summed E-state index contributed by atoms with van der Waals surface area (Å²) >= 11 is 1.55. The minimum absolute atomic E-state index is 0.468. The molecule has 0 aliphatic heterocycles. The fourth-order valence-corrected chi connectivity index (χ4v) is 2.12. The molecule has 3 nitrogen and oxygen atoms in total.